The quantitative estimate of drug-likeness (QED) is 0.515. The van der Waals surface area contributed by atoms with Crippen molar-refractivity contribution in [2.24, 2.45) is 5.73 Å². The van der Waals surface area contributed by atoms with E-state index in [4.69, 9.17) is 10.5 Å². The number of carbonyl (C=O) groups excluding carboxylic acids is 1. The van der Waals surface area contributed by atoms with Crippen LogP contribution in [0.5, 0.6) is 0 Å². The fourth-order valence-corrected chi connectivity index (χ4v) is 1.36. The third-order valence-corrected chi connectivity index (χ3v) is 2.08. The van der Waals surface area contributed by atoms with Crippen molar-refractivity contribution in [1.29, 1.82) is 0 Å². The average molecular weight is 187 g/mol. The lowest BCUT2D eigenvalue weighted by Gasteiger charge is -2.23. The van der Waals surface area contributed by atoms with Gasteiger partial charge in [-0.3, -0.25) is 0 Å². The lowest BCUT2D eigenvalue weighted by molar-refractivity contribution is 0.0782. The summed E-state index contributed by atoms with van der Waals surface area (Å²) in [6.07, 6.45) is 2.10. The molecule has 0 aromatic rings. The van der Waals surface area contributed by atoms with Crippen molar-refractivity contribution in [2.45, 2.75) is 18.9 Å². The summed E-state index contributed by atoms with van der Waals surface area (Å²) >= 11 is 0. The summed E-state index contributed by atoms with van der Waals surface area (Å²) in [5.41, 5.74) is 4.91. The van der Waals surface area contributed by atoms with Gasteiger partial charge in [0.1, 0.15) is 0 Å². The number of hydrogen-bond donors (Lipinski definition) is 3. The molecular weight excluding hydrogens is 170 g/mol. The molecule has 0 radical (unpaired) electrons. The van der Waals surface area contributed by atoms with E-state index in [1.165, 1.54) is 0 Å². The topological polar surface area (TPSA) is 76.4 Å². The summed E-state index contributed by atoms with van der Waals surface area (Å²) in [4.78, 5) is 10.3. The minimum Gasteiger partial charge on any atom is -0.381 e. The monoisotopic (exact) mass is 187 g/mol. The van der Waals surface area contributed by atoms with Crippen LogP contribution in [0.15, 0.2) is 0 Å². The maximum Gasteiger partial charge on any atom is 0.312 e. The van der Waals surface area contributed by atoms with E-state index in [1.807, 2.05) is 0 Å². The number of nitrogens with one attached hydrogen (secondary N) is 2. The molecule has 2 amide bonds. The summed E-state index contributed by atoms with van der Waals surface area (Å²) in [5, 5.41) is 5.86. The van der Waals surface area contributed by atoms with Crippen LogP contribution in [0.3, 0.4) is 0 Å². The molecule has 1 rings (SSSR count). The second-order valence-electron chi connectivity index (χ2n) is 3.13. The van der Waals surface area contributed by atoms with Crippen molar-refractivity contribution >= 4 is 6.03 Å². The molecule has 1 fully saturated rings. The van der Waals surface area contributed by atoms with Crippen molar-refractivity contribution in [3.8, 4) is 0 Å². The van der Waals surface area contributed by atoms with Crippen molar-refractivity contribution in [2.75, 3.05) is 26.3 Å². The molecule has 4 N–H and O–H groups in total. The molecule has 1 heterocycles. The van der Waals surface area contributed by atoms with Gasteiger partial charge in [-0.15, -0.1) is 0 Å². The zero-order valence-electron chi connectivity index (χ0n) is 7.71. The van der Waals surface area contributed by atoms with Gasteiger partial charge < -0.3 is 21.1 Å². The van der Waals surface area contributed by atoms with Crippen molar-refractivity contribution in [3.05, 3.63) is 0 Å². The highest BCUT2D eigenvalue weighted by Crippen LogP contribution is 2.04. The van der Waals surface area contributed by atoms with E-state index < -0.39 is 6.03 Å². The Hall–Kier alpha value is -0.810. The lowest BCUT2D eigenvalue weighted by Crippen LogP contribution is -2.41. The maximum absolute atomic E-state index is 10.3. The van der Waals surface area contributed by atoms with E-state index in [9.17, 15) is 4.79 Å². The van der Waals surface area contributed by atoms with Gasteiger partial charge >= 0.3 is 6.03 Å². The zero-order chi connectivity index (χ0) is 9.52. The molecule has 0 spiro atoms. The molecule has 13 heavy (non-hydrogen) atoms. The minimum atomic E-state index is -0.464. The fraction of sp³-hybridized carbons (Fsp3) is 0.875. The summed E-state index contributed by atoms with van der Waals surface area (Å²) in [5.74, 6) is 0. The van der Waals surface area contributed by atoms with Gasteiger partial charge in [0.25, 0.3) is 0 Å². The molecule has 1 aliphatic heterocycles. The first-order valence-electron chi connectivity index (χ1n) is 4.63. The Bertz CT molecular complexity index is 157. The number of nitrogens with two attached hydrogens (primary N) is 1. The number of urea groups is 1. The Labute approximate surface area is 78.0 Å². The molecule has 0 saturated carbocycles. The van der Waals surface area contributed by atoms with Crippen molar-refractivity contribution in [3.63, 3.8) is 0 Å². The standard InChI is InChI=1S/C8H17N3O2/c9-8(12)11-4-3-10-7-1-5-13-6-2-7/h7,10H,1-6H2,(H3,9,11,12). The number of primary amides is 1. The third-order valence-electron chi connectivity index (χ3n) is 2.08. The number of carbonyl (C=O) groups is 1. The first-order valence-corrected chi connectivity index (χ1v) is 4.63. The molecule has 0 bridgehead atoms. The van der Waals surface area contributed by atoms with Gasteiger partial charge in [-0.2, -0.15) is 0 Å². The number of ether oxygens (including phenoxy) is 1. The molecule has 0 aromatic carbocycles. The first kappa shape index (κ1) is 10.3. The highest BCUT2D eigenvalue weighted by molar-refractivity contribution is 5.71. The number of hydrogen-bond acceptors (Lipinski definition) is 3. The molecular formula is C8H17N3O2. The van der Waals surface area contributed by atoms with Crippen molar-refractivity contribution in [1.82, 2.24) is 10.6 Å². The van der Waals surface area contributed by atoms with Crippen LogP contribution in [0.25, 0.3) is 0 Å². The van der Waals surface area contributed by atoms with Gasteiger partial charge in [-0.1, -0.05) is 0 Å². The van der Waals surface area contributed by atoms with Crippen LogP contribution in [-0.4, -0.2) is 38.4 Å². The minimum absolute atomic E-state index is 0.464. The predicted molar refractivity (Wildman–Crippen MR) is 49.4 cm³/mol. The van der Waals surface area contributed by atoms with Gasteiger partial charge in [-0.25, -0.2) is 4.79 Å². The van der Waals surface area contributed by atoms with Gasteiger partial charge in [-0.05, 0) is 12.8 Å². The zero-order valence-corrected chi connectivity index (χ0v) is 7.71. The molecule has 0 aromatic heterocycles. The third kappa shape index (κ3) is 4.69. The van der Waals surface area contributed by atoms with E-state index >= 15 is 0 Å². The second kappa shape index (κ2) is 5.77. The van der Waals surface area contributed by atoms with E-state index in [1.54, 1.807) is 0 Å². The molecule has 0 atom stereocenters. The van der Waals surface area contributed by atoms with Crippen LogP contribution in [0.1, 0.15) is 12.8 Å². The number of rotatable bonds is 4. The molecule has 0 aliphatic carbocycles. The van der Waals surface area contributed by atoms with Crippen LogP contribution in [0, 0.1) is 0 Å². The second-order valence-corrected chi connectivity index (χ2v) is 3.13. The molecule has 5 nitrogen and oxygen atoms in total. The van der Waals surface area contributed by atoms with Crippen LogP contribution >= 0.6 is 0 Å². The van der Waals surface area contributed by atoms with Gasteiger partial charge in [0.2, 0.25) is 0 Å². The lowest BCUT2D eigenvalue weighted by atomic mass is 10.1. The molecule has 1 saturated heterocycles. The Morgan fingerprint density at radius 3 is 2.69 bits per heavy atom. The van der Waals surface area contributed by atoms with Gasteiger partial charge in [0.05, 0.1) is 0 Å². The first-order chi connectivity index (χ1) is 6.29. The Morgan fingerprint density at radius 1 is 1.38 bits per heavy atom. The molecule has 0 unspecified atom stereocenters. The Balaban J connectivity index is 1.95. The van der Waals surface area contributed by atoms with Crippen LogP contribution < -0.4 is 16.4 Å². The Kier molecular flexibility index (Phi) is 4.56. The SMILES string of the molecule is NC(=O)NCCNC1CCOCC1. The van der Waals surface area contributed by atoms with E-state index in [2.05, 4.69) is 10.6 Å². The summed E-state index contributed by atoms with van der Waals surface area (Å²) in [6, 6.07) is 0.0669. The summed E-state index contributed by atoms with van der Waals surface area (Å²) in [7, 11) is 0. The van der Waals surface area contributed by atoms with E-state index in [0.717, 1.165) is 32.6 Å². The molecule has 76 valence electrons. The van der Waals surface area contributed by atoms with Gasteiger partial charge in [0.15, 0.2) is 0 Å². The van der Waals surface area contributed by atoms with Gasteiger partial charge in [0, 0.05) is 32.3 Å². The highest BCUT2D eigenvalue weighted by Gasteiger charge is 2.11. The van der Waals surface area contributed by atoms with Crippen LogP contribution in [-0.2, 0) is 4.74 Å². The average Bonchev–Trinajstić information content (AvgIpc) is 2.14. The summed E-state index contributed by atoms with van der Waals surface area (Å²) in [6.45, 7) is 3.03. The summed E-state index contributed by atoms with van der Waals surface area (Å²) < 4.78 is 5.21. The predicted octanol–water partition coefficient (Wildman–Crippen LogP) is -0.577. The number of amides is 2. The van der Waals surface area contributed by atoms with E-state index in [-0.39, 0.29) is 0 Å². The highest BCUT2D eigenvalue weighted by atomic mass is 16.5. The smallest absolute Gasteiger partial charge is 0.312 e. The van der Waals surface area contributed by atoms with Crippen molar-refractivity contribution < 1.29 is 9.53 Å². The normalized spacial score (nSPS) is 18.5. The van der Waals surface area contributed by atoms with Crippen LogP contribution in [0.2, 0.25) is 0 Å². The maximum atomic E-state index is 10.3. The Morgan fingerprint density at radius 2 is 2.08 bits per heavy atom. The molecule has 1 aliphatic rings. The van der Waals surface area contributed by atoms with Crippen LogP contribution in [0.4, 0.5) is 4.79 Å². The largest absolute Gasteiger partial charge is 0.381 e. The molecule has 5 heteroatoms. The van der Waals surface area contributed by atoms with E-state index in [0.29, 0.717) is 12.6 Å². The fourth-order valence-electron chi connectivity index (χ4n) is 1.36.